The molecule has 0 unspecified atom stereocenters. The van der Waals surface area contributed by atoms with Gasteiger partial charge in [0.05, 0.1) is 4.90 Å². The molecule has 0 N–H and O–H groups in total. The van der Waals surface area contributed by atoms with Gasteiger partial charge in [-0.05, 0) is 32.1 Å². The van der Waals surface area contributed by atoms with E-state index in [1.54, 1.807) is 43.3 Å². The van der Waals surface area contributed by atoms with E-state index in [-0.39, 0.29) is 16.4 Å². The molecule has 106 valence electrons. The smallest absolute Gasteiger partial charge is 0.185 e. The number of sulfone groups is 1. The largest absolute Gasteiger partial charge is 0.465 e. The van der Waals surface area contributed by atoms with Crippen LogP contribution in [0.25, 0.3) is 0 Å². The number of Topliss-reactive ketones (excluding diaryl/α,β-unsaturated/α-hetero) is 1. The molecule has 1 heterocycles. The topological polar surface area (TPSA) is 60.4 Å². The predicted octanol–water partition coefficient (Wildman–Crippen LogP) is 2.63. The van der Waals surface area contributed by atoms with Crippen LogP contribution in [0.4, 0.5) is 0 Å². The molecule has 5 heteroatoms. The summed E-state index contributed by atoms with van der Waals surface area (Å²) in [6.45, 7) is 3.15. The molecule has 0 radical (unpaired) electrons. The zero-order valence-electron chi connectivity index (χ0n) is 11.4. The number of rotatable bonds is 4. The molecule has 2 rings (SSSR count). The van der Waals surface area contributed by atoms with Crippen molar-refractivity contribution in [3.8, 4) is 0 Å². The molecule has 0 bridgehead atoms. The second-order valence-electron chi connectivity index (χ2n) is 4.64. The first-order valence-electron chi connectivity index (χ1n) is 6.25. The second-order valence-corrected chi connectivity index (χ2v) is 6.63. The molecular formula is C15H16O4S. The van der Waals surface area contributed by atoms with E-state index in [0.29, 0.717) is 23.5 Å². The SMILES string of the molecule is CC(=O)C1=C(C)OC(CS(=O)(=O)c2ccccc2)=CC1. The molecule has 0 fully saturated rings. The summed E-state index contributed by atoms with van der Waals surface area (Å²) in [5.74, 6) is 0.609. The fraction of sp³-hybridized carbons (Fsp3) is 0.267. The highest BCUT2D eigenvalue weighted by Crippen LogP contribution is 2.24. The van der Waals surface area contributed by atoms with Gasteiger partial charge in [-0.1, -0.05) is 18.2 Å². The molecule has 0 saturated carbocycles. The van der Waals surface area contributed by atoms with Crippen molar-refractivity contribution in [1.29, 1.82) is 0 Å². The van der Waals surface area contributed by atoms with Crippen molar-refractivity contribution in [2.24, 2.45) is 0 Å². The van der Waals surface area contributed by atoms with Crippen molar-refractivity contribution < 1.29 is 17.9 Å². The maximum absolute atomic E-state index is 12.2. The Balaban J connectivity index is 2.16. The molecule has 0 aliphatic carbocycles. The Kier molecular flexibility index (Phi) is 4.09. The number of carbonyl (C=O) groups is 1. The Morgan fingerprint density at radius 3 is 2.45 bits per heavy atom. The van der Waals surface area contributed by atoms with E-state index in [1.165, 1.54) is 6.92 Å². The monoisotopic (exact) mass is 292 g/mol. The van der Waals surface area contributed by atoms with Crippen LogP contribution in [0.15, 0.2) is 58.4 Å². The number of allylic oxidation sites excluding steroid dienone is 3. The summed E-state index contributed by atoms with van der Waals surface area (Å²) in [5.41, 5.74) is 0.589. The Labute approximate surface area is 118 Å². The van der Waals surface area contributed by atoms with Gasteiger partial charge in [-0.3, -0.25) is 4.79 Å². The van der Waals surface area contributed by atoms with Crippen LogP contribution in [0.3, 0.4) is 0 Å². The van der Waals surface area contributed by atoms with Gasteiger partial charge in [0.15, 0.2) is 15.6 Å². The molecule has 0 aromatic heterocycles. The van der Waals surface area contributed by atoms with Crippen LogP contribution >= 0.6 is 0 Å². The maximum Gasteiger partial charge on any atom is 0.185 e. The quantitative estimate of drug-likeness (QED) is 0.856. The average molecular weight is 292 g/mol. The highest BCUT2D eigenvalue weighted by atomic mass is 32.2. The standard InChI is InChI=1S/C15H16O4S/c1-11(16)15-9-8-13(19-12(15)2)10-20(17,18)14-6-4-3-5-7-14/h3-8H,9-10H2,1-2H3. The van der Waals surface area contributed by atoms with Crippen LogP contribution in [0.1, 0.15) is 20.3 Å². The minimum atomic E-state index is -3.42. The molecule has 0 amide bonds. The fourth-order valence-electron chi connectivity index (χ4n) is 2.04. The molecule has 0 saturated heterocycles. The Morgan fingerprint density at radius 1 is 1.25 bits per heavy atom. The molecule has 20 heavy (non-hydrogen) atoms. The van der Waals surface area contributed by atoms with Gasteiger partial charge in [-0.2, -0.15) is 0 Å². The molecule has 4 nitrogen and oxygen atoms in total. The maximum atomic E-state index is 12.2. The summed E-state index contributed by atoms with van der Waals surface area (Å²) in [6, 6.07) is 8.25. The van der Waals surface area contributed by atoms with Crippen molar-refractivity contribution in [3.05, 3.63) is 53.5 Å². The first kappa shape index (κ1) is 14.5. The summed E-state index contributed by atoms with van der Waals surface area (Å²) >= 11 is 0. The van der Waals surface area contributed by atoms with Crippen LogP contribution in [-0.2, 0) is 19.4 Å². The fourth-order valence-corrected chi connectivity index (χ4v) is 3.33. The third-order valence-corrected chi connectivity index (χ3v) is 4.76. The summed E-state index contributed by atoms with van der Waals surface area (Å²) in [7, 11) is -3.42. The van der Waals surface area contributed by atoms with Gasteiger partial charge in [0.1, 0.15) is 17.3 Å². The van der Waals surface area contributed by atoms with Gasteiger partial charge >= 0.3 is 0 Å². The first-order valence-corrected chi connectivity index (χ1v) is 7.91. The van der Waals surface area contributed by atoms with Crippen molar-refractivity contribution in [1.82, 2.24) is 0 Å². The van der Waals surface area contributed by atoms with E-state index in [9.17, 15) is 13.2 Å². The number of benzene rings is 1. The van der Waals surface area contributed by atoms with Crippen LogP contribution < -0.4 is 0 Å². The van der Waals surface area contributed by atoms with Gasteiger partial charge in [-0.15, -0.1) is 0 Å². The zero-order valence-corrected chi connectivity index (χ0v) is 12.2. The third-order valence-electron chi connectivity index (χ3n) is 3.10. The lowest BCUT2D eigenvalue weighted by atomic mass is 10.1. The third kappa shape index (κ3) is 3.17. The average Bonchev–Trinajstić information content (AvgIpc) is 2.39. The first-order chi connectivity index (χ1) is 9.40. The Hall–Kier alpha value is -1.88. The van der Waals surface area contributed by atoms with E-state index in [2.05, 4.69) is 0 Å². The number of ether oxygens (including phenoxy) is 1. The van der Waals surface area contributed by atoms with Crippen LogP contribution in [0.5, 0.6) is 0 Å². The van der Waals surface area contributed by atoms with E-state index in [4.69, 9.17) is 4.74 Å². The van der Waals surface area contributed by atoms with E-state index in [0.717, 1.165) is 0 Å². The summed E-state index contributed by atoms with van der Waals surface area (Å²) in [5, 5.41) is 0. The van der Waals surface area contributed by atoms with Crippen LogP contribution in [-0.4, -0.2) is 20.0 Å². The highest BCUT2D eigenvalue weighted by Gasteiger charge is 2.22. The summed E-state index contributed by atoms with van der Waals surface area (Å²) in [6.07, 6.45) is 2.07. The molecule has 1 aromatic rings. The summed E-state index contributed by atoms with van der Waals surface area (Å²) in [4.78, 5) is 11.6. The second kappa shape index (κ2) is 5.63. The zero-order chi connectivity index (χ0) is 14.8. The van der Waals surface area contributed by atoms with Crippen LogP contribution in [0.2, 0.25) is 0 Å². The molecule has 0 atom stereocenters. The molecule has 1 aliphatic heterocycles. The van der Waals surface area contributed by atoms with Crippen molar-refractivity contribution in [2.45, 2.75) is 25.2 Å². The van der Waals surface area contributed by atoms with Crippen LogP contribution in [0, 0.1) is 0 Å². The van der Waals surface area contributed by atoms with Gasteiger partial charge in [0.2, 0.25) is 0 Å². The normalized spacial score (nSPS) is 15.6. The molecule has 1 aromatic carbocycles. The van der Waals surface area contributed by atoms with Gasteiger partial charge in [-0.25, -0.2) is 8.42 Å². The minimum Gasteiger partial charge on any atom is -0.465 e. The summed E-state index contributed by atoms with van der Waals surface area (Å²) < 4.78 is 29.9. The number of carbonyl (C=O) groups excluding carboxylic acids is 1. The number of hydrogen-bond acceptors (Lipinski definition) is 4. The van der Waals surface area contributed by atoms with Gasteiger partial charge in [0.25, 0.3) is 0 Å². The van der Waals surface area contributed by atoms with E-state index >= 15 is 0 Å². The Morgan fingerprint density at radius 2 is 1.90 bits per heavy atom. The lowest BCUT2D eigenvalue weighted by Crippen LogP contribution is -2.15. The molecule has 1 aliphatic rings. The molecular weight excluding hydrogens is 276 g/mol. The minimum absolute atomic E-state index is 0.0521. The van der Waals surface area contributed by atoms with Crippen molar-refractivity contribution in [2.75, 3.05) is 5.75 Å². The van der Waals surface area contributed by atoms with Gasteiger partial charge in [0, 0.05) is 12.0 Å². The predicted molar refractivity (Wildman–Crippen MR) is 75.7 cm³/mol. The van der Waals surface area contributed by atoms with E-state index < -0.39 is 9.84 Å². The van der Waals surface area contributed by atoms with E-state index in [1.807, 2.05) is 0 Å². The van der Waals surface area contributed by atoms with Gasteiger partial charge < -0.3 is 4.74 Å². The van der Waals surface area contributed by atoms with Crippen molar-refractivity contribution >= 4 is 15.6 Å². The Bertz CT molecular complexity index is 682. The number of ketones is 1. The number of hydrogen-bond donors (Lipinski definition) is 0. The van der Waals surface area contributed by atoms with Crippen molar-refractivity contribution in [3.63, 3.8) is 0 Å². The molecule has 0 spiro atoms. The highest BCUT2D eigenvalue weighted by molar-refractivity contribution is 7.91. The lowest BCUT2D eigenvalue weighted by molar-refractivity contribution is -0.113. The lowest BCUT2D eigenvalue weighted by Gasteiger charge is -2.18.